The quantitative estimate of drug-likeness (QED) is 0.721. The first-order valence-electron chi connectivity index (χ1n) is 7.40. The van der Waals surface area contributed by atoms with Gasteiger partial charge in [-0.05, 0) is 13.8 Å². The Morgan fingerprint density at radius 3 is 2.91 bits per heavy atom. The molecular formula is C14H18N4O4S. The molecule has 0 aromatic carbocycles. The number of hydrogen-bond donors (Lipinski definition) is 3. The number of nitrogens with one attached hydrogen (secondary N) is 2. The largest absolute Gasteiger partial charge is 0.481 e. The summed E-state index contributed by atoms with van der Waals surface area (Å²) in [6.07, 6.45) is 0. The predicted molar refractivity (Wildman–Crippen MR) is 83.5 cm³/mol. The van der Waals surface area contributed by atoms with E-state index < -0.39 is 17.3 Å². The van der Waals surface area contributed by atoms with Gasteiger partial charge >= 0.3 is 5.97 Å². The van der Waals surface area contributed by atoms with Gasteiger partial charge in [-0.3, -0.25) is 14.4 Å². The average Bonchev–Trinajstić information content (AvgIpc) is 3.14. The van der Waals surface area contributed by atoms with Crippen molar-refractivity contribution in [3.8, 4) is 0 Å². The van der Waals surface area contributed by atoms with Crippen molar-refractivity contribution < 1.29 is 19.5 Å². The Bertz CT molecular complexity index is 688. The summed E-state index contributed by atoms with van der Waals surface area (Å²) in [7, 11) is 0. The number of carboxylic acid groups (broad SMARTS) is 1. The summed E-state index contributed by atoms with van der Waals surface area (Å²) in [5.74, 6) is -2.28. The van der Waals surface area contributed by atoms with Crippen LogP contribution in [-0.2, 0) is 9.59 Å². The Morgan fingerprint density at radius 1 is 1.57 bits per heavy atom. The van der Waals surface area contributed by atoms with Crippen molar-refractivity contribution in [3.63, 3.8) is 0 Å². The molecule has 2 saturated heterocycles. The van der Waals surface area contributed by atoms with Crippen LogP contribution in [0.15, 0.2) is 0 Å². The van der Waals surface area contributed by atoms with E-state index in [-0.39, 0.29) is 31.4 Å². The van der Waals surface area contributed by atoms with Crippen LogP contribution >= 0.6 is 11.3 Å². The lowest BCUT2D eigenvalue weighted by atomic mass is 9.81. The molecule has 8 nitrogen and oxygen atoms in total. The van der Waals surface area contributed by atoms with Crippen LogP contribution in [0.2, 0.25) is 0 Å². The third kappa shape index (κ3) is 2.35. The molecule has 0 unspecified atom stereocenters. The number of rotatable bonds is 4. The topological polar surface area (TPSA) is 112 Å². The standard InChI is InChI=1S/C14H18N4O4S/c1-3-15-13-17-7(2)9(23-13)11(20)18-4-8-10(19)16-5-14(8,6-18)12(21)22/h8H,3-6H2,1-2H3,(H,15,17)(H,16,19)(H,21,22)/t8-,14+/m0/s1. The molecule has 2 fully saturated rings. The molecule has 1 aromatic rings. The summed E-state index contributed by atoms with van der Waals surface area (Å²) in [4.78, 5) is 42.5. The smallest absolute Gasteiger partial charge is 0.314 e. The Hall–Kier alpha value is -2.16. The molecule has 0 bridgehead atoms. The fourth-order valence-electron chi connectivity index (χ4n) is 3.20. The highest BCUT2D eigenvalue weighted by Gasteiger charge is 2.60. The molecule has 3 N–H and O–H groups in total. The minimum atomic E-state index is -1.21. The van der Waals surface area contributed by atoms with Gasteiger partial charge in [0.25, 0.3) is 5.91 Å². The van der Waals surface area contributed by atoms with E-state index in [1.165, 1.54) is 16.2 Å². The summed E-state index contributed by atoms with van der Waals surface area (Å²) in [6, 6.07) is 0. The van der Waals surface area contributed by atoms with Gasteiger partial charge in [-0.15, -0.1) is 0 Å². The second-order valence-corrected chi connectivity index (χ2v) is 6.88. The van der Waals surface area contributed by atoms with Crippen LogP contribution in [0.3, 0.4) is 0 Å². The number of anilines is 1. The number of carbonyl (C=O) groups excluding carboxylic acids is 2. The van der Waals surface area contributed by atoms with Crippen molar-refractivity contribution in [1.29, 1.82) is 0 Å². The summed E-state index contributed by atoms with van der Waals surface area (Å²) < 4.78 is 0. The molecule has 9 heteroatoms. The lowest BCUT2D eigenvalue weighted by Crippen LogP contribution is -2.41. The number of thiazole rings is 1. The highest BCUT2D eigenvalue weighted by molar-refractivity contribution is 7.17. The Balaban J connectivity index is 1.85. The van der Waals surface area contributed by atoms with Crippen molar-refractivity contribution in [2.24, 2.45) is 11.3 Å². The molecule has 3 heterocycles. The van der Waals surface area contributed by atoms with Crippen LogP contribution in [0.1, 0.15) is 22.3 Å². The molecule has 124 valence electrons. The van der Waals surface area contributed by atoms with Gasteiger partial charge in [0.05, 0.1) is 11.6 Å². The second-order valence-electron chi connectivity index (χ2n) is 5.88. The van der Waals surface area contributed by atoms with Crippen LogP contribution in [-0.4, -0.2) is 59.0 Å². The van der Waals surface area contributed by atoms with Gasteiger partial charge in [0.2, 0.25) is 5.91 Å². The molecule has 0 saturated carbocycles. The number of fused-ring (bicyclic) bond motifs is 1. The Kier molecular flexibility index (Phi) is 3.75. The van der Waals surface area contributed by atoms with E-state index in [4.69, 9.17) is 0 Å². The van der Waals surface area contributed by atoms with E-state index >= 15 is 0 Å². The van der Waals surface area contributed by atoms with E-state index in [0.29, 0.717) is 22.2 Å². The van der Waals surface area contributed by atoms with Gasteiger partial charge < -0.3 is 20.6 Å². The van der Waals surface area contributed by atoms with E-state index in [2.05, 4.69) is 15.6 Å². The molecule has 0 radical (unpaired) electrons. The normalized spacial score (nSPS) is 26.1. The SMILES string of the molecule is CCNc1nc(C)c(C(=O)N2C[C@H]3C(=O)NC[C@@]3(C(=O)O)C2)s1. The van der Waals surface area contributed by atoms with Crippen molar-refractivity contribution in [3.05, 3.63) is 10.6 Å². The van der Waals surface area contributed by atoms with Crippen molar-refractivity contribution >= 4 is 34.3 Å². The Labute approximate surface area is 136 Å². The van der Waals surface area contributed by atoms with Gasteiger partial charge in [0.1, 0.15) is 10.3 Å². The summed E-state index contributed by atoms with van der Waals surface area (Å²) in [5, 5.41) is 15.9. The third-order valence-corrected chi connectivity index (χ3v) is 5.57. The molecule has 2 atom stereocenters. The first kappa shape index (κ1) is 15.7. The molecular weight excluding hydrogens is 320 g/mol. The zero-order valence-electron chi connectivity index (χ0n) is 12.9. The number of amides is 2. The zero-order valence-corrected chi connectivity index (χ0v) is 13.7. The fourth-order valence-corrected chi connectivity index (χ4v) is 4.21. The van der Waals surface area contributed by atoms with Gasteiger partial charge in [-0.2, -0.15) is 0 Å². The van der Waals surface area contributed by atoms with Crippen LogP contribution in [0.5, 0.6) is 0 Å². The van der Waals surface area contributed by atoms with Gasteiger partial charge in [0, 0.05) is 26.2 Å². The monoisotopic (exact) mass is 338 g/mol. The Morgan fingerprint density at radius 2 is 2.30 bits per heavy atom. The maximum atomic E-state index is 12.7. The molecule has 23 heavy (non-hydrogen) atoms. The first-order chi connectivity index (χ1) is 10.9. The van der Waals surface area contributed by atoms with E-state index in [1.54, 1.807) is 6.92 Å². The van der Waals surface area contributed by atoms with Crippen molar-refractivity contribution in [1.82, 2.24) is 15.2 Å². The maximum absolute atomic E-state index is 12.7. The maximum Gasteiger partial charge on any atom is 0.314 e. The number of carboxylic acids is 1. The molecule has 2 amide bonds. The molecule has 0 spiro atoms. The number of hydrogen-bond acceptors (Lipinski definition) is 6. The van der Waals surface area contributed by atoms with Gasteiger partial charge in [-0.1, -0.05) is 11.3 Å². The summed E-state index contributed by atoms with van der Waals surface area (Å²) in [5.41, 5.74) is -0.600. The number of aromatic nitrogens is 1. The zero-order chi connectivity index (χ0) is 16.8. The van der Waals surface area contributed by atoms with E-state index in [0.717, 1.165) is 0 Å². The van der Waals surface area contributed by atoms with Crippen LogP contribution in [0.4, 0.5) is 5.13 Å². The minimum absolute atomic E-state index is 0.0401. The molecule has 1 aromatic heterocycles. The second kappa shape index (κ2) is 5.48. The first-order valence-corrected chi connectivity index (χ1v) is 8.22. The highest BCUT2D eigenvalue weighted by Crippen LogP contribution is 2.41. The molecule has 3 rings (SSSR count). The molecule has 0 aliphatic carbocycles. The number of aryl methyl sites for hydroxylation is 1. The van der Waals surface area contributed by atoms with Crippen LogP contribution < -0.4 is 10.6 Å². The van der Waals surface area contributed by atoms with Crippen LogP contribution in [0, 0.1) is 18.3 Å². The van der Waals surface area contributed by atoms with Gasteiger partial charge in [-0.25, -0.2) is 4.98 Å². The molecule has 2 aliphatic heterocycles. The number of nitrogens with zero attached hydrogens (tertiary/aromatic N) is 2. The van der Waals surface area contributed by atoms with Crippen molar-refractivity contribution in [2.75, 3.05) is 31.5 Å². The minimum Gasteiger partial charge on any atom is -0.481 e. The highest BCUT2D eigenvalue weighted by atomic mass is 32.1. The average molecular weight is 338 g/mol. The summed E-state index contributed by atoms with van der Waals surface area (Å²) in [6.45, 7) is 4.63. The summed E-state index contributed by atoms with van der Waals surface area (Å²) >= 11 is 1.25. The molecule has 2 aliphatic rings. The van der Waals surface area contributed by atoms with Crippen LogP contribution in [0.25, 0.3) is 0 Å². The number of likely N-dealkylation sites (tertiary alicyclic amines) is 1. The predicted octanol–water partition coefficient (Wildman–Crippen LogP) is 0.156. The number of aliphatic carboxylic acids is 1. The number of carbonyl (C=O) groups is 3. The van der Waals surface area contributed by atoms with E-state index in [9.17, 15) is 19.5 Å². The van der Waals surface area contributed by atoms with Crippen molar-refractivity contribution in [2.45, 2.75) is 13.8 Å². The van der Waals surface area contributed by atoms with E-state index in [1.807, 2.05) is 6.92 Å². The fraction of sp³-hybridized carbons (Fsp3) is 0.571. The lowest BCUT2D eigenvalue weighted by molar-refractivity contribution is -0.149. The van der Waals surface area contributed by atoms with Gasteiger partial charge in [0.15, 0.2) is 5.13 Å². The third-order valence-electron chi connectivity index (χ3n) is 4.47. The lowest BCUT2D eigenvalue weighted by Gasteiger charge is -2.21.